The van der Waals surface area contributed by atoms with Gasteiger partial charge in [-0.2, -0.15) is 0 Å². The van der Waals surface area contributed by atoms with Gasteiger partial charge < -0.3 is 20.1 Å². The van der Waals surface area contributed by atoms with E-state index in [2.05, 4.69) is 67.8 Å². The number of aliphatic hydroxyl groups excluding tert-OH is 1. The van der Waals surface area contributed by atoms with E-state index in [4.69, 9.17) is 13.8 Å². The minimum Gasteiger partial charge on any atom is -0.463 e. The summed E-state index contributed by atoms with van der Waals surface area (Å²) in [4.78, 5) is 33.7. The number of carbonyl (C=O) groups excluding carboxylic acids is 2. The Labute approximate surface area is 305 Å². The fraction of sp³-hybridized carbons (Fsp3) is 0.750. The Morgan fingerprint density at radius 3 is 1.66 bits per heavy atom. The highest BCUT2D eigenvalue weighted by atomic mass is 31.2. The molecular formula is C40H72NO8P. The zero-order valence-electron chi connectivity index (χ0n) is 31.6. The van der Waals surface area contributed by atoms with E-state index in [-0.39, 0.29) is 32.1 Å². The molecule has 0 aromatic rings. The number of hydrogen-bond donors (Lipinski definition) is 3. The van der Waals surface area contributed by atoms with Gasteiger partial charge in [-0.15, -0.1) is 0 Å². The van der Waals surface area contributed by atoms with Crippen LogP contribution in [0.1, 0.15) is 162 Å². The molecule has 0 aromatic carbocycles. The Bertz CT molecular complexity index is 965. The van der Waals surface area contributed by atoms with Gasteiger partial charge in [-0.1, -0.05) is 140 Å². The van der Waals surface area contributed by atoms with Crippen LogP contribution in [0.2, 0.25) is 0 Å². The Morgan fingerprint density at radius 1 is 0.620 bits per heavy atom. The number of ether oxygens (including phenoxy) is 1. The van der Waals surface area contributed by atoms with Crippen molar-refractivity contribution in [2.24, 2.45) is 0 Å². The number of aliphatic hydroxyl groups is 1. The second-order valence-electron chi connectivity index (χ2n) is 12.9. The van der Waals surface area contributed by atoms with Gasteiger partial charge in [0.15, 0.2) is 0 Å². The van der Waals surface area contributed by atoms with Gasteiger partial charge in [-0.05, 0) is 57.8 Å². The molecule has 2 atom stereocenters. The normalized spacial score (nSPS) is 13.9. The molecule has 0 aliphatic carbocycles. The van der Waals surface area contributed by atoms with Crippen molar-refractivity contribution in [3.63, 3.8) is 0 Å². The number of phosphoric acid groups is 1. The van der Waals surface area contributed by atoms with Crippen LogP contribution in [0.5, 0.6) is 0 Å². The molecule has 0 heterocycles. The lowest BCUT2D eigenvalue weighted by Crippen LogP contribution is -2.27. The molecule has 0 bridgehead atoms. The maximum absolute atomic E-state index is 12.0. The van der Waals surface area contributed by atoms with Crippen LogP contribution in [0, 0.1) is 0 Å². The first-order chi connectivity index (χ1) is 24.3. The van der Waals surface area contributed by atoms with Crippen LogP contribution in [0.3, 0.4) is 0 Å². The number of esters is 1. The molecule has 3 N–H and O–H groups in total. The van der Waals surface area contributed by atoms with E-state index in [0.29, 0.717) is 12.8 Å². The van der Waals surface area contributed by atoms with Crippen molar-refractivity contribution in [3.05, 3.63) is 48.6 Å². The van der Waals surface area contributed by atoms with Crippen LogP contribution in [-0.2, 0) is 27.9 Å². The molecular weight excluding hydrogens is 653 g/mol. The lowest BCUT2D eigenvalue weighted by atomic mass is 10.1. The summed E-state index contributed by atoms with van der Waals surface area (Å²) in [5.41, 5.74) is 0. The van der Waals surface area contributed by atoms with Gasteiger partial charge in [-0.25, -0.2) is 4.57 Å². The van der Waals surface area contributed by atoms with Crippen molar-refractivity contribution in [2.45, 2.75) is 168 Å². The van der Waals surface area contributed by atoms with Crippen molar-refractivity contribution in [3.8, 4) is 0 Å². The molecule has 1 amide bonds. The fourth-order valence-electron chi connectivity index (χ4n) is 5.01. The average Bonchev–Trinajstić information content (AvgIpc) is 3.10. The van der Waals surface area contributed by atoms with Gasteiger partial charge in [0.2, 0.25) is 5.91 Å². The first kappa shape index (κ1) is 48.0. The van der Waals surface area contributed by atoms with E-state index < -0.39 is 26.5 Å². The van der Waals surface area contributed by atoms with Gasteiger partial charge in [-0.3, -0.25) is 18.6 Å². The van der Waals surface area contributed by atoms with Crippen molar-refractivity contribution in [1.82, 2.24) is 5.32 Å². The van der Waals surface area contributed by atoms with Gasteiger partial charge in [0.1, 0.15) is 12.7 Å². The molecule has 0 aliphatic heterocycles. The number of allylic oxidation sites excluding steroid dienone is 8. The van der Waals surface area contributed by atoms with Crippen LogP contribution in [0.4, 0.5) is 0 Å². The van der Waals surface area contributed by atoms with Crippen molar-refractivity contribution in [1.29, 1.82) is 0 Å². The molecule has 0 fully saturated rings. The minimum atomic E-state index is -4.42. The quantitative estimate of drug-likeness (QED) is 0.0252. The Morgan fingerprint density at radius 2 is 1.08 bits per heavy atom. The summed E-state index contributed by atoms with van der Waals surface area (Å²) in [5, 5.41) is 12.6. The first-order valence-corrected chi connectivity index (χ1v) is 21.1. The van der Waals surface area contributed by atoms with E-state index in [9.17, 15) is 24.2 Å². The average molecular weight is 726 g/mol. The van der Waals surface area contributed by atoms with Crippen LogP contribution in [0.15, 0.2) is 48.6 Å². The topological polar surface area (TPSA) is 131 Å². The lowest BCUT2D eigenvalue weighted by molar-refractivity contribution is -0.147. The largest absolute Gasteiger partial charge is 0.472 e. The summed E-state index contributed by atoms with van der Waals surface area (Å²) in [6.45, 7) is 3.46. The van der Waals surface area contributed by atoms with Crippen LogP contribution >= 0.6 is 7.82 Å². The minimum absolute atomic E-state index is 0.0776. The number of rotatable bonds is 36. The molecule has 0 saturated heterocycles. The summed E-state index contributed by atoms with van der Waals surface area (Å²) < 4.78 is 26.7. The monoisotopic (exact) mass is 725 g/mol. The Hall–Kier alpha value is -2.03. The predicted octanol–water partition coefficient (Wildman–Crippen LogP) is 10.4. The molecule has 0 aliphatic rings. The Balaban J connectivity index is 3.70. The molecule has 0 saturated carbocycles. The third-order valence-corrected chi connectivity index (χ3v) is 9.00. The van der Waals surface area contributed by atoms with Gasteiger partial charge in [0.05, 0.1) is 13.2 Å². The van der Waals surface area contributed by atoms with E-state index in [1.807, 2.05) is 0 Å². The predicted molar refractivity (Wildman–Crippen MR) is 206 cm³/mol. The van der Waals surface area contributed by atoms with E-state index >= 15 is 0 Å². The number of hydrogen-bond acceptors (Lipinski definition) is 7. The van der Waals surface area contributed by atoms with Crippen molar-refractivity contribution < 1.29 is 37.9 Å². The standard InChI is InChI=1S/C40H72NO8P/c1-3-5-7-9-11-13-15-16-17-18-19-20-21-22-23-25-27-29-31-33-40(44)47-36-38(42)37-49-50(45,46)48-35-34-41-39(43)32-30-28-26-24-14-12-10-8-6-4-2/h11,13,16-17,19-20,22-23,38,42H,3-10,12,14-15,18,21,24-37H2,1-2H3,(H,41,43)(H,45,46)/b13-11-,17-16-,20-19-,23-22-. The zero-order valence-corrected chi connectivity index (χ0v) is 32.5. The van der Waals surface area contributed by atoms with Crippen molar-refractivity contribution in [2.75, 3.05) is 26.4 Å². The summed E-state index contributed by atoms with van der Waals surface area (Å²) >= 11 is 0. The molecule has 9 nitrogen and oxygen atoms in total. The second kappa shape index (κ2) is 36.8. The number of carbonyl (C=O) groups is 2. The summed E-state index contributed by atoms with van der Waals surface area (Å²) in [5.74, 6) is -0.552. The molecule has 50 heavy (non-hydrogen) atoms. The summed E-state index contributed by atoms with van der Waals surface area (Å²) in [6.07, 6.45) is 40.4. The van der Waals surface area contributed by atoms with Crippen LogP contribution < -0.4 is 5.32 Å². The second-order valence-corrected chi connectivity index (χ2v) is 14.4. The molecule has 0 aromatic heterocycles. The Kier molecular flexibility index (Phi) is 35.3. The first-order valence-electron chi connectivity index (χ1n) is 19.6. The smallest absolute Gasteiger partial charge is 0.463 e. The van der Waals surface area contributed by atoms with Crippen LogP contribution in [-0.4, -0.2) is 54.3 Å². The highest BCUT2D eigenvalue weighted by Gasteiger charge is 2.23. The molecule has 290 valence electrons. The number of phosphoric ester groups is 1. The maximum atomic E-state index is 12.0. The molecule has 0 spiro atoms. The maximum Gasteiger partial charge on any atom is 0.472 e. The molecule has 10 heteroatoms. The SMILES string of the molecule is CCCCC/C=C\C/C=C\C/C=C\C/C=C\CCCCCC(=O)OCC(O)COP(=O)(O)OCCNC(=O)CCCCCCCCCCCC. The lowest BCUT2D eigenvalue weighted by Gasteiger charge is -2.15. The number of unbranched alkanes of at least 4 members (excludes halogenated alkanes) is 15. The summed E-state index contributed by atoms with van der Waals surface area (Å²) in [7, 11) is -4.42. The third kappa shape index (κ3) is 37.2. The highest BCUT2D eigenvalue weighted by Crippen LogP contribution is 2.42. The zero-order chi connectivity index (χ0) is 36.8. The van der Waals surface area contributed by atoms with Gasteiger partial charge in [0.25, 0.3) is 0 Å². The van der Waals surface area contributed by atoms with Gasteiger partial charge >= 0.3 is 13.8 Å². The molecule has 0 rings (SSSR count). The van der Waals surface area contributed by atoms with E-state index in [1.165, 1.54) is 70.6 Å². The van der Waals surface area contributed by atoms with E-state index in [0.717, 1.165) is 57.8 Å². The van der Waals surface area contributed by atoms with Crippen molar-refractivity contribution >= 4 is 19.7 Å². The third-order valence-electron chi connectivity index (χ3n) is 8.01. The van der Waals surface area contributed by atoms with E-state index in [1.54, 1.807) is 0 Å². The van der Waals surface area contributed by atoms with Crippen LogP contribution in [0.25, 0.3) is 0 Å². The summed E-state index contributed by atoms with van der Waals surface area (Å²) in [6, 6.07) is 0. The molecule has 0 radical (unpaired) electrons. The highest BCUT2D eigenvalue weighted by molar-refractivity contribution is 7.47. The van der Waals surface area contributed by atoms with Gasteiger partial charge in [0, 0.05) is 19.4 Å². The molecule has 2 unspecified atom stereocenters. The fourth-order valence-corrected chi connectivity index (χ4v) is 5.77. The number of nitrogens with one attached hydrogen (secondary N) is 1. The number of amides is 1.